The third kappa shape index (κ3) is 15.8. The first-order chi connectivity index (χ1) is 41.7. The molecule has 464 valence electrons. The van der Waals surface area contributed by atoms with Crippen LogP contribution in [-0.4, -0.2) is 110 Å². The second kappa shape index (κ2) is 28.2. The Morgan fingerprint density at radius 1 is 0.636 bits per heavy atom. The molecule has 7 heterocycles. The Balaban J connectivity index is 0.000000230. The topological polar surface area (TPSA) is 187 Å². The summed E-state index contributed by atoms with van der Waals surface area (Å²) < 4.78 is 22.5. The summed E-state index contributed by atoms with van der Waals surface area (Å²) in [6.07, 6.45) is 19.9. The maximum absolute atomic E-state index is 13.1. The number of carboxylic acids is 1. The van der Waals surface area contributed by atoms with E-state index in [1.54, 1.807) is 0 Å². The lowest BCUT2D eigenvalue weighted by atomic mass is 9.79. The molecule has 11 rings (SSSR count). The standard InChI is InChI=1S/C43H63N5O4Si2.C26H23N5O2.CH4/c1-11-15-36-39(33-18-20-34(21-19-33)42(49)52-43(2,3)4)46-40-37(35-22-23-38(44-28-35)32-16-13-12-14-17-32)29-45-48(40)41(36)47(30-50-24-26-53(5,6)7)31-51-25-27-54(8,9)10;32-26(33)18-8-6-17(7-9-18)23-20-12-13-27-24(20)31-25(30-23)21(15-29-31)19-10-11-22(28-14-19)16-4-2-1-3-5-16;/h11-17,22-23,28-29,33-34H,18-21,24-27,30-31H2,1-10H3;1-5,10-15,17-18,27H,6-9H2,(H,32,33);1H4/b15-11-;;. The number of hydrogen-bond donors (Lipinski definition) is 2. The minimum Gasteiger partial charge on any atom is -0.481 e. The smallest absolute Gasteiger partial charge is 0.309 e. The molecule has 2 aromatic carbocycles. The summed E-state index contributed by atoms with van der Waals surface area (Å²) in [6, 6.07) is 32.8. The molecule has 2 fully saturated rings. The van der Waals surface area contributed by atoms with Gasteiger partial charge in [-0.3, -0.25) is 19.6 Å². The molecule has 2 aliphatic carbocycles. The van der Waals surface area contributed by atoms with E-state index >= 15 is 0 Å². The van der Waals surface area contributed by atoms with Gasteiger partial charge in [0.15, 0.2) is 11.3 Å². The summed E-state index contributed by atoms with van der Waals surface area (Å²) in [5, 5.41) is 20.1. The number of allylic oxidation sites excluding steroid dienone is 1. The number of nitrogens with one attached hydrogen (secondary N) is 1. The Labute approximate surface area is 521 Å². The zero-order chi connectivity index (χ0) is 61.5. The predicted molar refractivity (Wildman–Crippen MR) is 360 cm³/mol. The average Bonchev–Trinajstić information content (AvgIpc) is 1.60. The minimum absolute atomic E-state index is 0. The molecular formula is C70H90N10O6Si2. The van der Waals surface area contributed by atoms with Crippen molar-refractivity contribution in [2.75, 3.05) is 31.6 Å². The van der Waals surface area contributed by atoms with E-state index < -0.39 is 27.7 Å². The highest BCUT2D eigenvalue weighted by atomic mass is 28.3. The van der Waals surface area contributed by atoms with Gasteiger partial charge in [-0.1, -0.05) is 132 Å². The molecule has 0 radical (unpaired) electrons. The molecule has 0 amide bonds. The van der Waals surface area contributed by atoms with Crippen LogP contribution in [0.25, 0.3) is 73.2 Å². The summed E-state index contributed by atoms with van der Waals surface area (Å²) in [5.41, 5.74) is 12.8. The fourth-order valence-electron chi connectivity index (χ4n) is 11.7. The van der Waals surface area contributed by atoms with Gasteiger partial charge < -0.3 is 29.2 Å². The van der Waals surface area contributed by atoms with Crippen LogP contribution in [0.1, 0.15) is 115 Å². The summed E-state index contributed by atoms with van der Waals surface area (Å²) in [4.78, 5) is 50.1. The van der Waals surface area contributed by atoms with Crippen LogP contribution >= 0.6 is 0 Å². The quantitative estimate of drug-likeness (QED) is 0.0318. The van der Waals surface area contributed by atoms with Crippen LogP contribution in [0.15, 0.2) is 128 Å². The summed E-state index contributed by atoms with van der Waals surface area (Å²) in [5.74, 6) is 0.167. The van der Waals surface area contributed by atoms with E-state index in [1.807, 2.05) is 128 Å². The molecule has 18 heteroatoms. The fraction of sp³-hybridized carbons (Fsp3) is 0.429. The number of aromatic amines is 1. The van der Waals surface area contributed by atoms with E-state index in [1.165, 1.54) is 0 Å². The van der Waals surface area contributed by atoms with Crippen LogP contribution in [0, 0.1) is 11.8 Å². The first kappa shape index (κ1) is 64.8. The first-order valence-corrected chi connectivity index (χ1v) is 38.4. The number of aliphatic carboxylic acids is 1. The van der Waals surface area contributed by atoms with Crippen molar-refractivity contribution in [1.82, 2.24) is 44.1 Å². The Bertz CT molecular complexity index is 3770. The third-order valence-electron chi connectivity index (χ3n) is 16.6. The Kier molecular flexibility index (Phi) is 20.8. The van der Waals surface area contributed by atoms with E-state index in [2.05, 4.69) is 102 Å². The molecule has 9 aromatic rings. The zero-order valence-electron chi connectivity index (χ0n) is 52.4. The Morgan fingerprint density at radius 2 is 1.12 bits per heavy atom. The van der Waals surface area contributed by atoms with Crippen molar-refractivity contribution in [1.29, 1.82) is 0 Å². The van der Waals surface area contributed by atoms with E-state index in [0.29, 0.717) is 39.5 Å². The first-order valence-electron chi connectivity index (χ1n) is 31.0. The highest BCUT2D eigenvalue weighted by Crippen LogP contribution is 2.43. The van der Waals surface area contributed by atoms with Gasteiger partial charge in [0.2, 0.25) is 0 Å². The summed E-state index contributed by atoms with van der Waals surface area (Å²) in [7, 11) is -2.59. The number of pyridine rings is 2. The maximum Gasteiger partial charge on any atom is 0.309 e. The number of esters is 1. The van der Waals surface area contributed by atoms with Crippen LogP contribution < -0.4 is 4.90 Å². The molecule has 2 N–H and O–H groups in total. The number of nitrogens with zero attached hydrogens (tertiary/aromatic N) is 9. The second-order valence-electron chi connectivity index (χ2n) is 26.9. The van der Waals surface area contributed by atoms with Crippen molar-refractivity contribution in [3.05, 3.63) is 145 Å². The van der Waals surface area contributed by atoms with Gasteiger partial charge in [0.25, 0.3) is 0 Å². The van der Waals surface area contributed by atoms with Crippen molar-refractivity contribution in [2.45, 2.75) is 155 Å². The van der Waals surface area contributed by atoms with Crippen molar-refractivity contribution in [3.8, 4) is 44.8 Å². The van der Waals surface area contributed by atoms with Crippen molar-refractivity contribution >= 4 is 62.3 Å². The van der Waals surface area contributed by atoms with Crippen molar-refractivity contribution in [2.24, 2.45) is 11.8 Å². The molecule has 16 nitrogen and oxygen atoms in total. The number of H-pyrrole nitrogens is 1. The number of hydrogen-bond acceptors (Lipinski definition) is 12. The van der Waals surface area contributed by atoms with Crippen molar-refractivity contribution < 1.29 is 28.9 Å². The lowest BCUT2D eigenvalue weighted by molar-refractivity contribution is -0.161. The third-order valence-corrected chi connectivity index (χ3v) is 20.0. The number of carboxylic acid groups (broad SMARTS) is 1. The summed E-state index contributed by atoms with van der Waals surface area (Å²) >= 11 is 0. The number of anilines is 1. The number of benzene rings is 2. The molecule has 0 aliphatic heterocycles. The maximum atomic E-state index is 13.1. The monoisotopic (exact) mass is 1220 g/mol. The number of aromatic nitrogens is 9. The number of carbonyl (C=O) groups is 2. The van der Waals surface area contributed by atoms with E-state index in [4.69, 9.17) is 34.3 Å². The highest BCUT2D eigenvalue weighted by Gasteiger charge is 2.35. The fourth-order valence-corrected chi connectivity index (χ4v) is 13.2. The minimum atomic E-state index is -1.29. The van der Waals surface area contributed by atoms with E-state index in [9.17, 15) is 14.7 Å². The average molecular weight is 1220 g/mol. The molecule has 0 atom stereocenters. The lowest BCUT2D eigenvalue weighted by Gasteiger charge is -2.32. The molecular weight excluding hydrogens is 1130 g/mol. The van der Waals surface area contributed by atoms with Gasteiger partial charge in [-0.2, -0.15) is 19.2 Å². The molecule has 2 aliphatic rings. The van der Waals surface area contributed by atoms with Crippen LogP contribution in [0.2, 0.25) is 51.4 Å². The van der Waals surface area contributed by atoms with Gasteiger partial charge in [0.1, 0.15) is 30.5 Å². The highest BCUT2D eigenvalue weighted by molar-refractivity contribution is 6.76. The SMILES string of the molecule is C.C/C=C\c1c(C2CCC(C(=O)OC(C)(C)C)CC2)nc2c(-c3ccc(-c4ccccc4)nc3)cnn2c1N(COCC[Si](C)(C)C)COCC[Si](C)(C)C.O=C(O)C1CCC(c2nc3c(-c4ccc(-c5ccccc5)nc4)cnn3c3[nH]ccc23)CC1. The van der Waals surface area contributed by atoms with Crippen LogP contribution in [0.5, 0.6) is 0 Å². The van der Waals surface area contributed by atoms with Gasteiger partial charge >= 0.3 is 11.9 Å². The predicted octanol–water partition coefficient (Wildman–Crippen LogP) is 16.5. The summed E-state index contributed by atoms with van der Waals surface area (Å²) in [6.45, 7) is 24.2. The van der Waals surface area contributed by atoms with Crippen LogP contribution in [0.4, 0.5) is 5.82 Å². The molecule has 0 unspecified atom stereocenters. The van der Waals surface area contributed by atoms with Crippen molar-refractivity contribution in [3.63, 3.8) is 0 Å². The Hall–Kier alpha value is -7.65. The normalized spacial score (nSPS) is 17.4. The van der Waals surface area contributed by atoms with Gasteiger partial charge in [-0.15, -0.1) is 0 Å². The van der Waals surface area contributed by atoms with Gasteiger partial charge in [-0.25, -0.2) is 9.97 Å². The molecule has 0 bridgehead atoms. The van der Waals surface area contributed by atoms with Gasteiger partial charge in [-0.05, 0) is 109 Å². The molecule has 7 aromatic heterocycles. The van der Waals surface area contributed by atoms with Gasteiger partial charge in [0.05, 0.1) is 47.0 Å². The number of rotatable bonds is 20. The largest absolute Gasteiger partial charge is 0.481 e. The van der Waals surface area contributed by atoms with Gasteiger partial charge in [0, 0.05) is 104 Å². The number of fused-ring (bicyclic) bond motifs is 4. The molecule has 88 heavy (non-hydrogen) atoms. The van der Waals surface area contributed by atoms with E-state index in [0.717, 1.165) is 140 Å². The van der Waals surface area contributed by atoms with Crippen LogP contribution in [-0.2, 0) is 23.8 Å². The zero-order valence-corrected chi connectivity index (χ0v) is 54.4. The Morgan fingerprint density at radius 3 is 1.60 bits per heavy atom. The second-order valence-corrected chi connectivity index (χ2v) is 38.1. The number of ether oxygens (including phenoxy) is 3. The lowest BCUT2D eigenvalue weighted by Crippen LogP contribution is -2.34. The molecule has 0 spiro atoms. The molecule has 2 saturated carbocycles. The van der Waals surface area contributed by atoms with Crippen LogP contribution in [0.3, 0.4) is 0 Å². The van der Waals surface area contributed by atoms with E-state index in [-0.39, 0.29) is 37.1 Å². The number of carbonyl (C=O) groups excluding carboxylic acids is 1. The molecule has 0 saturated heterocycles.